The third-order valence-electron chi connectivity index (χ3n) is 7.53. The number of hydrogen-bond acceptors (Lipinski definition) is 1. The van der Waals surface area contributed by atoms with Crippen LogP contribution in [0.25, 0.3) is 5.32 Å². The van der Waals surface area contributed by atoms with Crippen molar-refractivity contribution >= 4 is 49.6 Å². The molecular formula is C27H34Cl2N2SiTi-2. The molecule has 1 aliphatic heterocycles. The van der Waals surface area contributed by atoms with Crippen LogP contribution >= 0.6 is 18.6 Å². The third kappa shape index (κ3) is 5.04. The third-order valence-corrected chi connectivity index (χ3v) is 11.6. The molecule has 2 nitrogen and oxygen atoms in total. The first-order valence-electron chi connectivity index (χ1n) is 11.4. The topological polar surface area (TPSA) is 17.3 Å². The Morgan fingerprint density at radius 3 is 1.91 bits per heavy atom. The van der Waals surface area contributed by atoms with Crippen molar-refractivity contribution in [3.8, 4) is 0 Å². The summed E-state index contributed by atoms with van der Waals surface area (Å²) in [5.41, 5.74) is 5.53. The van der Waals surface area contributed by atoms with Crippen molar-refractivity contribution in [3.63, 3.8) is 0 Å². The molecule has 1 fully saturated rings. The first-order valence-corrected chi connectivity index (χ1v) is 18.7. The van der Waals surface area contributed by atoms with Crippen molar-refractivity contribution in [2.24, 2.45) is 23.7 Å². The van der Waals surface area contributed by atoms with Crippen LogP contribution in [0.1, 0.15) is 20.3 Å². The first-order chi connectivity index (χ1) is 15.4. The van der Waals surface area contributed by atoms with Crippen LogP contribution in [0.2, 0.25) is 18.6 Å². The standard InChI is InChI=1S/C26H31N2Si.CH3.2ClH.Ti/c1-18(2)21-17-26(20-12-6-5-11-19(20)21)29(3,4)28-24-15-9-7-13-22(24)27-23-14-8-10-16-25(23)28;;;;/h5-16,18-21,26H,17H2,1-4H3;1H3;2*1H;/q2*-1;;;+2/p-2/t19-,20+,21-,26?;;;;/m1..../s1. The van der Waals surface area contributed by atoms with Gasteiger partial charge in [-0.3, -0.25) is 0 Å². The van der Waals surface area contributed by atoms with Crippen molar-refractivity contribution < 1.29 is 17.0 Å². The maximum absolute atomic E-state index is 4.98. The number of benzene rings is 2. The van der Waals surface area contributed by atoms with E-state index in [0.717, 1.165) is 28.8 Å². The van der Waals surface area contributed by atoms with Gasteiger partial charge in [-0.25, -0.2) is 0 Å². The summed E-state index contributed by atoms with van der Waals surface area (Å²) in [6, 6.07) is 17.4. The molecule has 0 spiro atoms. The second-order valence-electron chi connectivity index (χ2n) is 9.82. The molecule has 33 heavy (non-hydrogen) atoms. The van der Waals surface area contributed by atoms with Crippen LogP contribution in [0.3, 0.4) is 0 Å². The van der Waals surface area contributed by atoms with Crippen LogP contribution in [0, 0.1) is 31.1 Å². The van der Waals surface area contributed by atoms with Gasteiger partial charge in [-0.1, -0.05) is 87.6 Å². The Bertz CT molecular complexity index is 962. The van der Waals surface area contributed by atoms with E-state index >= 15 is 0 Å². The zero-order valence-electron chi connectivity index (χ0n) is 20.2. The van der Waals surface area contributed by atoms with Crippen molar-refractivity contribution in [2.75, 3.05) is 4.57 Å². The maximum atomic E-state index is 4.98. The molecule has 2 aromatic rings. The fraction of sp³-hybridized carbons (Fsp3) is 0.370. The van der Waals surface area contributed by atoms with Crippen LogP contribution < -0.4 is 4.57 Å². The Morgan fingerprint density at radius 1 is 0.909 bits per heavy atom. The molecule has 3 aliphatic rings. The number of fused-ring (bicyclic) bond motifs is 3. The van der Waals surface area contributed by atoms with Gasteiger partial charge in [0, 0.05) is 11.4 Å². The molecule has 0 N–H and O–H groups in total. The summed E-state index contributed by atoms with van der Waals surface area (Å²) in [7, 11) is 7.90. The number of allylic oxidation sites excluding steroid dienone is 4. The Hall–Kier alpha value is -0.969. The van der Waals surface area contributed by atoms with Crippen LogP contribution in [-0.4, -0.2) is 8.24 Å². The van der Waals surface area contributed by atoms with Gasteiger partial charge < -0.3 is 17.3 Å². The minimum absolute atomic E-state index is 0. The van der Waals surface area contributed by atoms with Gasteiger partial charge in [-0.15, -0.1) is 11.4 Å². The fourth-order valence-electron chi connectivity index (χ4n) is 6.10. The monoisotopic (exact) mass is 532 g/mol. The van der Waals surface area contributed by atoms with E-state index in [1.165, 1.54) is 17.8 Å². The predicted octanol–water partition coefficient (Wildman–Crippen LogP) is 9.91. The molecule has 0 amide bonds. The van der Waals surface area contributed by atoms with Crippen LogP contribution in [0.15, 0.2) is 72.8 Å². The number of nitrogens with zero attached hydrogens (tertiary/aromatic N) is 2. The Balaban J connectivity index is 0.000000728. The van der Waals surface area contributed by atoms with Crippen LogP contribution in [0.4, 0.5) is 22.7 Å². The Kier molecular flexibility index (Phi) is 9.02. The van der Waals surface area contributed by atoms with Crippen molar-refractivity contribution in [3.05, 3.63) is 85.6 Å². The molecule has 0 aromatic heterocycles. The van der Waals surface area contributed by atoms with E-state index in [0.29, 0.717) is 11.8 Å². The summed E-state index contributed by atoms with van der Waals surface area (Å²) in [6.07, 6.45) is 10.9. The molecule has 6 heteroatoms. The second kappa shape index (κ2) is 11.2. The molecule has 2 aliphatic carbocycles. The van der Waals surface area contributed by atoms with Gasteiger partial charge in [0.05, 0.1) is 0 Å². The summed E-state index contributed by atoms with van der Waals surface area (Å²) in [5, 5.41) is 4.98. The molecule has 0 bridgehead atoms. The van der Waals surface area contributed by atoms with E-state index in [9.17, 15) is 0 Å². The molecule has 1 heterocycles. The summed E-state index contributed by atoms with van der Waals surface area (Å²) in [5.74, 6) is 2.85. The fourth-order valence-corrected chi connectivity index (χ4v) is 10.2. The second-order valence-corrected chi connectivity index (χ2v) is 16.9. The van der Waals surface area contributed by atoms with E-state index < -0.39 is 25.3 Å². The zero-order valence-corrected chi connectivity index (χ0v) is 24.2. The molecule has 0 saturated heterocycles. The number of hydrogen-bond donors (Lipinski definition) is 0. The van der Waals surface area contributed by atoms with E-state index in [1.54, 1.807) is 0 Å². The average Bonchev–Trinajstić information content (AvgIpc) is 3.19. The quantitative estimate of drug-likeness (QED) is 0.284. The molecule has 0 radical (unpaired) electrons. The van der Waals surface area contributed by atoms with Crippen molar-refractivity contribution in [1.29, 1.82) is 0 Å². The van der Waals surface area contributed by atoms with Gasteiger partial charge in [0.15, 0.2) is 8.24 Å². The number of anilines is 2. The molecule has 4 atom stereocenters. The van der Waals surface area contributed by atoms with Gasteiger partial charge in [0.2, 0.25) is 0 Å². The molecule has 2 aromatic carbocycles. The molecule has 176 valence electrons. The summed E-state index contributed by atoms with van der Waals surface area (Å²) < 4.78 is 2.72. The minimum atomic E-state index is -1.88. The van der Waals surface area contributed by atoms with Crippen molar-refractivity contribution in [2.45, 2.75) is 38.9 Å². The Morgan fingerprint density at radius 2 is 1.39 bits per heavy atom. The molecular weight excluding hydrogens is 499 g/mol. The van der Waals surface area contributed by atoms with Gasteiger partial charge in [0.25, 0.3) is 0 Å². The number of rotatable bonds is 3. The first kappa shape index (κ1) is 26.6. The summed E-state index contributed by atoms with van der Waals surface area (Å²) in [6.45, 7) is 10.00. The van der Waals surface area contributed by atoms with Crippen LogP contribution in [0.5, 0.6) is 0 Å². The molecule has 5 rings (SSSR count). The molecule has 1 unspecified atom stereocenters. The SMILES string of the molecule is CC(C)[C@H]1CC([Si](C)(C)N2c3ccccc3[N-]c3ccccc32)[C@H]2C=CC=C[C@H]21.[CH3-].[Cl][Ti][Cl]. The Labute approximate surface area is 218 Å². The van der Waals surface area contributed by atoms with Gasteiger partial charge in [0.1, 0.15) is 0 Å². The predicted molar refractivity (Wildman–Crippen MR) is 145 cm³/mol. The van der Waals surface area contributed by atoms with E-state index in [-0.39, 0.29) is 7.43 Å². The van der Waals surface area contributed by atoms with Crippen LogP contribution in [-0.2, 0) is 17.0 Å². The van der Waals surface area contributed by atoms with E-state index in [2.05, 4.69) is 104 Å². The number of halogens is 2. The van der Waals surface area contributed by atoms with Crippen molar-refractivity contribution in [1.82, 2.24) is 0 Å². The number of para-hydroxylation sites is 4. The average molecular weight is 533 g/mol. The zero-order chi connectivity index (χ0) is 22.9. The van der Waals surface area contributed by atoms with Gasteiger partial charge in [-0.2, -0.15) is 0 Å². The van der Waals surface area contributed by atoms with Gasteiger partial charge in [-0.05, 0) is 47.8 Å². The van der Waals surface area contributed by atoms with E-state index in [4.69, 9.17) is 23.9 Å². The summed E-state index contributed by atoms with van der Waals surface area (Å²) in [4.78, 5) is 0. The van der Waals surface area contributed by atoms with E-state index in [1.807, 2.05) is 0 Å². The normalized spacial score (nSPS) is 24.5. The molecule has 1 saturated carbocycles. The van der Waals surface area contributed by atoms with Gasteiger partial charge >= 0.3 is 35.6 Å². The summed E-state index contributed by atoms with van der Waals surface area (Å²) >= 11 is -0.556.